The molecule has 0 atom stereocenters. The number of fused-ring (bicyclic) bond motifs is 1. The molecule has 0 bridgehead atoms. The highest BCUT2D eigenvalue weighted by Crippen LogP contribution is 2.40. The number of ether oxygens (including phenoxy) is 1. The van der Waals surface area contributed by atoms with Crippen LogP contribution < -0.4 is 5.32 Å². The molecule has 1 saturated carbocycles. The number of hydrogen-bond acceptors (Lipinski definition) is 5. The van der Waals surface area contributed by atoms with Crippen LogP contribution in [0.3, 0.4) is 0 Å². The summed E-state index contributed by atoms with van der Waals surface area (Å²) in [6.07, 6.45) is 10.4. The fourth-order valence-electron chi connectivity index (χ4n) is 4.09. The Bertz CT molecular complexity index is 895. The fraction of sp³-hybridized carbons (Fsp3) is 0.429. The molecule has 2 aliphatic carbocycles. The lowest BCUT2D eigenvalue weighted by Gasteiger charge is -2.44. The van der Waals surface area contributed by atoms with Crippen LogP contribution in [0.1, 0.15) is 42.9 Å². The van der Waals surface area contributed by atoms with Gasteiger partial charge in [-0.25, -0.2) is 0 Å². The van der Waals surface area contributed by atoms with Crippen molar-refractivity contribution in [3.05, 3.63) is 34.9 Å². The van der Waals surface area contributed by atoms with Gasteiger partial charge in [0.1, 0.15) is 11.4 Å². The summed E-state index contributed by atoms with van der Waals surface area (Å²) >= 11 is 0. The molecule has 4 rings (SSSR count). The molecule has 0 radical (unpaired) electrons. The Hall–Kier alpha value is -2.58. The quantitative estimate of drug-likeness (QED) is 0.829. The Kier molecular flexibility index (Phi) is 4.08. The van der Waals surface area contributed by atoms with Crippen molar-refractivity contribution < 1.29 is 9.84 Å². The van der Waals surface area contributed by atoms with Crippen molar-refractivity contribution in [3.63, 3.8) is 0 Å². The summed E-state index contributed by atoms with van der Waals surface area (Å²) in [6.45, 7) is 2.13. The summed E-state index contributed by atoms with van der Waals surface area (Å²) in [5, 5.41) is 22.8. The maximum absolute atomic E-state index is 10.4. The van der Waals surface area contributed by atoms with Gasteiger partial charge in [0, 0.05) is 29.8 Å². The second-order valence-corrected chi connectivity index (χ2v) is 7.49. The second-order valence-electron chi connectivity index (χ2n) is 7.49. The molecule has 0 aliphatic heterocycles. The molecule has 134 valence electrons. The van der Waals surface area contributed by atoms with E-state index in [1.807, 2.05) is 12.1 Å². The van der Waals surface area contributed by atoms with Gasteiger partial charge in [-0.1, -0.05) is 5.92 Å². The van der Waals surface area contributed by atoms with Gasteiger partial charge in [0.05, 0.1) is 5.60 Å². The Morgan fingerprint density at radius 1 is 1.27 bits per heavy atom. The van der Waals surface area contributed by atoms with Crippen LogP contribution in [0, 0.1) is 12.3 Å². The van der Waals surface area contributed by atoms with Crippen molar-refractivity contribution >= 4 is 5.82 Å². The molecule has 1 aromatic heterocycles. The molecule has 2 N–H and O–H groups in total. The number of aromatic nitrogens is 2. The van der Waals surface area contributed by atoms with Crippen LogP contribution in [-0.2, 0) is 17.6 Å². The number of anilines is 1. The first-order valence-corrected chi connectivity index (χ1v) is 9.03. The Balaban J connectivity index is 1.64. The zero-order valence-electron chi connectivity index (χ0n) is 15.2. The summed E-state index contributed by atoms with van der Waals surface area (Å²) in [4.78, 5) is 0. The van der Waals surface area contributed by atoms with Gasteiger partial charge in [-0.05, 0) is 62.8 Å². The van der Waals surface area contributed by atoms with E-state index in [4.69, 9.17) is 11.2 Å². The summed E-state index contributed by atoms with van der Waals surface area (Å²) in [5.41, 5.74) is 4.48. The van der Waals surface area contributed by atoms with Gasteiger partial charge in [0.2, 0.25) is 0 Å². The van der Waals surface area contributed by atoms with Crippen molar-refractivity contribution in [2.75, 3.05) is 12.4 Å². The smallest absolute Gasteiger partial charge is 0.152 e. The van der Waals surface area contributed by atoms with E-state index in [1.165, 1.54) is 11.1 Å². The molecule has 5 nitrogen and oxygen atoms in total. The molecule has 5 heteroatoms. The van der Waals surface area contributed by atoms with Gasteiger partial charge >= 0.3 is 0 Å². The molecule has 1 heterocycles. The number of phenolic OH excluding ortho intramolecular Hbond substituents is 1. The highest BCUT2D eigenvalue weighted by atomic mass is 16.5. The SMILES string of the molecule is C#Cc1ccc(-c2nnc(NC3CC(C)(OC)C3)c3c2CCC3)c(O)c1. The first kappa shape index (κ1) is 16.9. The maximum Gasteiger partial charge on any atom is 0.152 e. The minimum absolute atomic E-state index is 0.0290. The number of benzene rings is 1. The van der Waals surface area contributed by atoms with E-state index < -0.39 is 0 Å². The number of nitrogens with zero attached hydrogens (tertiary/aromatic N) is 2. The number of aromatic hydroxyl groups is 1. The van der Waals surface area contributed by atoms with Crippen LogP contribution in [0.25, 0.3) is 11.3 Å². The third-order valence-corrected chi connectivity index (χ3v) is 5.65. The molecule has 0 unspecified atom stereocenters. The monoisotopic (exact) mass is 349 g/mol. The molecule has 2 aromatic rings. The summed E-state index contributed by atoms with van der Waals surface area (Å²) in [7, 11) is 1.76. The zero-order chi connectivity index (χ0) is 18.3. The number of methoxy groups -OCH3 is 1. The van der Waals surface area contributed by atoms with E-state index in [-0.39, 0.29) is 11.4 Å². The fourth-order valence-corrected chi connectivity index (χ4v) is 4.09. The normalized spacial score (nSPS) is 23.8. The van der Waals surface area contributed by atoms with Crippen LogP contribution >= 0.6 is 0 Å². The van der Waals surface area contributed by atoms with Gasteiger partial charge in [0.25, 0.3) is 0 Å². The summed E-state index contributed by atoms with van der Waals surface area (Å²) < 4.78 is 5.53. The van der Waals surface area contributed by atoms with Gasteiger partial charge in [-0.15, -0.1) is 16.6 Å². The van der Waals surface area contributed by atoms with E-state index in [9.17, 15) is 5.11 Å². The largest absolute Gasteiger partial charge is 0.507 e. The summed E-state index contributed by atoms with van der Waals surface area (Å²) in [6, 6.07) is 5.62. The van der Waals surface area contributed by atoms with Crippen LogP contribution in [0.4, 0.5) is 5.82 Å². The predicted molar refractivity (Wildman–Crippen MR) is 101 cm³/mol. The molecule has 0 saturated heterocycles. The lowest BCUT2D eigenvalue weighted by atomic mass is 9.77. The first-order valence-electron chi connectivity index (χ1n) is 9.03. The van der Waals surface area contributed by atoms with Crippen LogP contribution in [0.15, 0.2) is 18.2 Å². The highest BCUT2D eigenvalue weighted by molar-refractivity contribution is 5.74. The standard InChI is InChI=1S/C21H23N3O2/c1-4-13-8-9-17(18(25)10-13)19-15-6-5-7-16(15)20(24-23-19)22-14-11-21(2,12-14)26-3/h1,8-10,14,25H,5-7,11-12H2,2-3H3,(H,22,24). The topological polar surface area (TPSA) is 67.3 Å². The van der Waals surface area contributed by atoms with Crippen LogP contribution in [-0.4, -0.2) is 34.1 Å². The minimum atomic E-state index is -0.0290. The number of terminal acetylenes is 1. The maximum atomic E-state index is 10.4. The van der Waals surface area contributed by atoms with Gasteiger partial charge in [-0.3, -0.25) is 0 Å². The van der Waals surface area contributed by atoms with E-state index in [1.54, 1.807) is 13.2 Å². The first-order chi connectivity index (χ1) is 12.5. The third-order valence-electron chi connectivity index (χ3n) is 5.65. The number of phenols is 1. The van der Waals surface area contributed by atoms with E-state index in [0.29, 0.717) is 17.2 Å². The van der Waals surface area contributed by atoms with Gasteiger partial charge in [0.15, 0.2) is 5.82 Å². The third kappa shape index (κ3) is 2.81. The Morgan fingerprint density at radius 2 is 2.04 bits per heavy atom. The van der Waals surface area contributed by atoms with E-state index in [2.05, 4.69) is 28.4 Å². The Morgan fingerprint density at radius 3 is 2.73 bits per heavy atom. The van der Waals surface area contributed by atoms with Crippen LogP contribution in [0.2, 0.25) is 0 Å². The molecule has 1 fully saturated rings. The molecule has 26 heavy (non-hydrogen) atoms. The predicted octanol–water partition coefficient (Wildman–Crippen LogP) is 3.30. The zero-order valence-corrected chi connectivity index (χ0v) is 15.2. The lowest BCUT2D eigenvalue weighted by molar-refractivity contribution is -0.0625. The molecule has 2 aliphatic rings. The Labute approximate surface area is 153 Å². The van der Waals surface area contributed by atoms with Gasteiger partial charge < -0.3 is 15.2 Å². The lowest BCUT2D eigenvalue weighted by Crippen LogP contribution is -2.49. The van der Waals surface area contributed by atoms with Crippen molar-refractivity contribution in [3.8, 4) is 29.4 Å². The van der Waals surface area contributed by atoms with Crippen molar-refractivity contribution in [1.82, 2.24) is 10.2 Å². The van der Waals surface area contributed by atoms with E-state index >= 15 is 0 Å². The van der Waals surface area contributed by atoms with Crippen molar-refractivity contribution in [2.45, 2.75) is 50.7 Å². The number of rotatable bonds is 4. The highest BCUT2D eigenvalue weighted by Gasteiger charge is 2.41. The van der Waals surface area contributed by atoms with E-state index in [0.717, 1.165) is 43.6 Å². The average Bonchev–Trinajstić information content (AvgIpc) is 3.11. The van der Waals surface area contributed by atoms with Gasteiger partial charge in [-0.2, -0.15) is 0 Å². The molecule has 0 spiro atoms. The molecule has 1 aromatic carbocycles. The summed E-state index contributed by atoms with van der Waals surface area (Å²) in [5.74, 6) is 3.57. The molecule has 0 amide bonds. The second kappa shape index (κ2) is 6.30. The molecular formula is C21H23N3O2. The van der Waals surface area contributed by atoms with Crippen molar-refractivity contribution in [2.24, 2.45) is 0 Å². The molecular weight excluding hydrogens is 326 g/mol. The number of nitrogens with one attached hydrogen (secondary N) is 1. The van der Waals surface area contributed by atoms with Crippen molar-refractivity contribution in [1.29, 1.82) is 0 Å². The number of hydrogen-bond donors (Lipinski definition) is 2. The minimum Gasteiger partial charge on any atom is -0.507 e. The average molecular weight is 349 g/mol. The van der Waals surface area contributed by atoms with Crippen LogP contribution in [0.5, 0.6) is 5.75 Å².